The number of rotatable bonds is 2. The molecular formula is C10H13N. The average molecular weight is 147 g/mol. The van der Waals surface area contributed by atoms with E-state index in [1.807, 2.05) is 6.08 Å². The van der Waals surface area contributed by atoms with Crippen LogP contribution in [0.25, 0.3) is 0 Å². The molecule has 1 N–H and O–H groups in total. The van der Waals surface area contributed by atoms with Crippen LogP contribution < -0.4 is 0 Å². The Balaban J connectivity index is 2.41. The van der Waals surface area contributed by atoms with Crippen molar-refractivity contribution < 1.29 is 0 Å². The predicted molar refractivity (Wildman–Crippen MR) is 46.8 cm³/mol. The van der Waals surface area contributed by atoms with E-state index in [9.17, 15) is 0 Å². The Kier molecular flexibility index (Phi) is 1.45. The molecule has 0 aromatic heterocycles. The fourth-order valence-corrected chi connectivity index (χ4v) is 2.50. The third kappa shape index (κ3) is 0.802. The van der Waals surface area contributed by atoms with E-state index in [-0.39, 0.29) is 0 Å². The van der Waals surface area contributed by atoms with Gasteiger partial charge in [-0.25, -0.2) is 0 Å². The van der Waals surface area contributed by atoms with Gasteiger partial charge in [-0.15, -0.1) is 0 Å². The van der Waals surface area contributed by atoms with Crippen molar-refractivity contribution in [1.29, 1.82) is 5.41 Å². The van der Waals surface area contributed by atoms with Gasteiger partial charge in [0.05, 0.1) is 0 Å². The lowest BCUT2D eigenvalue weighted by atomic mass is 9.92. The van der Waals surface area contributed by atoms with Crippen molar-refractivity contribution in [2.24, 2.45) is 11.8 Å². The normalized spacial score (nSPS) is 34.5. The Hall–Kier alpha value is -0.850. The summed E-state index contributed by atoms with van der Waals surface area (Å²) in [6, 6.07) is 0. The molecule has 1 fully saturated rings. The van der Waals surface area contributed by atoms with Crippen molar-refractivity contribution >= 4 is 6.21 Å². The molecule has 0 aromatic rings. The predicted octanol–water partition coefficient (Wildman–Crippen LogP) is 2.55. The Morgan fingerprint density at radius 2 is 1.91 bits per heavy atom. The van der Waals surface area contributed by atoms with Crippen molar-refractivity contribution in [1.82, 2.24) is 0 Å². The van der Waals surface area contributed by atoms with Crippen LogP contribution in [0.15, 0.2) is 23.8 Å². The zero-order valence-electron chi connectivity index (χ0n) is 6.64. The summed E-state index contributed by atoms with van der Waals surface area (Å²) in [4.78, 5) is 0. The highest BCUT2D eigenvalue weighted by Crippen LogP contribution is 2.47. The van der Waals surface area contributed by atoms with Crippen LogP contribution in [0.2, 0.25) is 0 Å². The minimum Gasteiger partial charge on any atom is -0.308 e. The minimum atomic E-state index is 0.700. The van der Waals surface area contributed by atoms with Crippen molar-refractivity contribution in [2.45, 2.75) is 19.3 Å². The summed E-state index contributed by atoms with van der Waals surface area (Å²) in [7, 11) is 0. The highest BCUT2D eigenvalue weighted by atomic mass is 14.4. The summed E-state index contributed by atoms with van der Waals surface area (Å²) >= 11 is 0. The van der Waals surface area contributed by atoms with Gasteiger partial charge in [-0.2, -0.15) is 0 Å². The molecule has 0 saturated heterocycles. The standard InChI is InChI=1S/C10H13N/c1-2-9-7-3-4-8(5-7)10(9)6-11/h2,6-8,11H,1,3-5H2. The zero-order chi connectivity index (χ0) is 7.84. The van der Waals surface area contributed by atoms with Crippen LogP contribution in [0.1, 0.15) is 19.3 Å². The first-order valence-corrected chi connectivity index (χ1v) is 4.23. The van der Waals surface area contributed by atoms with Gasteiger partial charge >= 0.3 is 0 Å². The summed E-state index contributed by atoms with van der Waals surface area (Å²) in [5.74, 6) is 1.44. The maximum absolute atomic E-state index is 7.26. The van der Waals surface area contributed by atoms with Crippen LogP contribution in [-0.2, 0) is 0 Å². The third-order valence-corrected chi connectivity index (χ3v) is 3.02. The van der Waals surface area contributed by atoms with Crippen LogP contribution >= 0.6 is 0 Å². The molecule has 0 heterocycles. The zero-order valence-corrected chi connectivity index (χ0v) is 6.64. The molecule has 1 nitrogen and oxygen atoms in total. The van der Waals surface area contributed by atoms with Gasteiger partial charge in [0.15, 0.2) is 0 Å². The Bertz CT molecular complexity index is 213. The lowest BCUT2D eigenvalue weighted by Crippen LogP contribution is -2.01. The number of hydrogen-bond acceptors (Lipinski definition) is 1. The summed E-state index contributed by atoms with van der Waals surface area (Å²) in [5.41, 5.74) is 2.62. The van der Waals surface area contributed by atoms with E-state index in [4.69, 9.17) is 5.41 Å². The molecule has 1 heteroatoms. The van der Waals surface area contributed by atoms with E-state index in [0.717, 1.165) is 5.92 Å². The Morgan fingerprint density at radius 1 is 1.27 bits per heavy atom. The van der Waals surface area contributed by atoms with Gasteiger partial charge in [0, 0.05) is 6.21 Å². The summed E-state index contributed by atoms with van der Waals surface area (Å²) in [6.07, 6.45) is 7.38. The second kappa shape index (κ2) is 2.33. The van der Waals surface area contributed by atoms with Crippen LogP contribution in [0.5, 0.6) is 0 Å². The lowest BCUT2D eigenvalue weighted by molar-refractivity contribution is 0.671. The summed E-state index contributed by atoms with van der Waals surface area (Å²) < 4.78 is 0. The molecule has 0 amide bonds. The van der Waals surface area contributed by atoms with Crippen LogP contribution in [0.3, 0.4) is 0 Å². The van der Waals surface area contributed by atoms with Crippen molar-refractivity contribution in [3.05, 3.63) is 23.8 Å². The van der Waals surface area contributed by atoms with Gasteiger partial charge in [-0.3, -0.25) is 0 Å². The Morgan fingerprint density at radius 3 is 2.36 bits per heavy atom. The second-order valence-electron chi connectivity index (χ2n) is 3.47. The van der Waals surface area contributed by atoms with E-state index in [1.165, 1.54) is 36.6 Å². The molecule has 2 bridgehead atoms. The minimum absolute atomic E-state index is 0.700. The fraction of sp³-hybridized carbons (Fsp3) is 0.500. The van der Waals surface area contributed by atoms with Crippen molar-refractivity contribution in [3.8, 4) is 0 Å². The van der Waals surface area contributed by atoms with Crippen LogP contribution in [-0.4, -0.2) is 6.21 Å². The monoisotopic (exact) mass is 147 g/mol. The molecule has 2 aliphatic rings. The lowest BCUT2D eigenvalue weighted by Gasteiger charge is -2.12. The number of nitrogens with one attached hydrogen (secondary N) is 1. The van der Waals surface area contributed by atoms with E-state index in [1.54, 1.807) is 0 Å². The first-order chi connectivity index (χ1) is 5.36. The number of fused-ring (bicyclic) bond motifs is 2. The van der Waals surface area contributed by atoms with Gasteiger partial charge in [0.2, 0.25) is 0 Å². The first kappa shape index (κ1) is 6.84. The van der Waals surface area contributed by atoms with Gasteiger partial charge in [0.1, 0.15) is 0 Å². The van der Waals surface area contributed by atoms with E-state index in [0.29, 0.717) is 5.92 Å². The van der Waals surface area contributed by atoms with Gasteiger partial charge < -0.3 is 5.41 Å². The molecule has 2 unspecified atom stereocenters. The largest absolute Gasteiger partial charge is 0.308 e. The third-order valence-electron chi connectivity index (χ3n) is 3.02. The molecule has 2 aliphatic carbocycles. The van der Waals surface area contributed by atoms with E-state index in [2.05, 4.69) is 6.58 Å². The molecular weight excluding hydrogens is 134 g/mol. The van der Waals surface area contributed by atoms with Crippen LogP contribution in [0.4, 0.5) is 0 Å². The molecule has 11 heavy (non-hydrogen) atoms. The first-order valence-electron chi connectivity index (χ1n) is 4.23. The van der Waals surface area contributed by atoms with Gasteiger partial charge in [0.25, 0.3) is 0 Å². The van der Waals surface area contributed by atoms with Crippen molar-refractivity contribution in [3.63, 3.8) is 0 Å². The Labute approximate surface area is 67.3 Å². The maximum Gasteiger partial charge on any atom is 0.0215 e. The summed E-state index contributed by atoms with van der Waals surface area (Å²) in [5, 5.41) is 7.26. The molecule has 58 valence electrons. The number of hydrogen-bond donors (Lipinski definition) is 1. The van der Waals surface area contributed by atoms with Gasteiger partial charge in [-0.05, 0) is 42.2 Å². The van der Waals surface area contributed by atoms with E-state index < -0.39 is 0 Å². The smallest absolute Gasteiger partial charge is 0.0215 e. The SMILES string of the molecule is C=CC1=C(C=N)C2CCC1C2. The second-order valence-corrected chi connectivity index (χ2v) is 3.47. The van der Waals surface area contributed by atoms with Crippen LogP contribution in [0, 0.1) is 17.2 Å². The topological polar surface area (TPSA) is 23.9 Å². The molecule has 1 saturated carbocycles. The van der Waals surface area contributed by atoms with Crippen molar-refractivity contribution in [2.75, 3.05) is 0 Å². The molecule has 0 aromatic carbocycles. The molecule has 2 rings (SSSR count). The quantitative estimate of drug-likeness (QED) is 0.580. The molecule has 0 spiro atoms. The number of allylic oxidation sites excluding steroid dienone is 3. The fourth-order valence-electron chi connectivity index (χ4n) is 2.50. The maximum atomic E-state index is 7.26. The molecule has 0 radical (unpaired) electrons. The highest BCUT2D eigenvalue weighted by molar-refractivity contribution is 5.80. The summed E-state index contributed by atoms with van der Waals surface area (Å²) in [6.45, 7) is 3.80. The van der Waals surface area contributed by atoms with Gasteiger partial charge in [-0.1, -0.05) is 12.7 Å². The highest BCUT2D eigenvalue weighted by Gasteiger charge is 2.36. The van der Waals surface area contributed by atoms with E-state index >= 15 is 0 Å². The molecule has 2 atom stereocenters. The average Bonchev–Trinajstić information content (AvgIpc) is 2.60. The molecule has 0 aliphatic heterocycles.